The summed E-state index contributed by atoms with van der Waals surface area (Å²) in [4.78, 5) is 15.4. The number of imidazole rings is 1. The number of nitrogens with zero attached hydrogens (tertiary/aromatic N) is 3. The van der Waals surface area contributed by atoms with Crippen LogP contribution in [0.2, 0.25) is 5.02 Å². The van der Waals surface area contributed by atoms with Crippen molar-refractivity contribution < 1.29 is 0 Å². The molecular weight excluding hydrogens is 264 g/mol. The lowest BCUT2D eigenvalue weighted by Gasteiger charge is -2.05. The van der Waals surface area contributed by atoms with Gasteiger partial charge >= 0.3 is 0 Å². The zero-order chi connectivity index (χ0) is 13.2. The summed E-state index contributed by atoms with van der Waals surface area (Å²) in [6.45, 7) is 0.590. The number of aromatic nitrogens is 4. The van der Waals surface area contributed by atoms with Crippen molar-refractivity contribution in [3.63, 3.8) is 0 Å². The first-order valence-electron chi connectivity index (χ1n) is 5.67. The second-order valence-corrected chi connectivity index (χ2v) is 4.45. The first-order valence-corrected chi connectivity index (χ1v) is 6.05. The van der Waals surface area contributed by atoms with Crippen LogP contribution in [0.25, 0.3) is 11.2 Å². The third-order valence-electron chi connectivity index (χ3n) is 2.68. The van der Waals surface area contributed by atoms with Gasteiger partial charge in [0, 0.05) is 11.6 Å². The lowest BCUT2D eigenvalue weighted by Crippen LogP contribution is -2.05. The molecule has 6 nitrogen and oxygen atoms in total. The van der Waals surface area contributed by atoms with E-state index in [1.807, 2.05) is 24.3 Å². The summed E-state index contributed by atoms with van der Waals surface area (Å²) in [6.07, 6.45) is 1.54. The molecule has 0 atom stereocenters. The molecule has 0 aliphatic heterocycles. The van der Waals surface area contributed by atoms with Crippen molar-refractivity contribution in [2.45, 2.75) is 6.54 Å². The Hall–Kier alpha value is -2.34. The molecule has 4 N–H and O–H groups in total. The van der Waals surface area contributed by atoms with E-state index in [-0.39, 0.29) is 0 Å². The minimum absolute atomic E-state index is 0.376. The highest BCUT2D eigenvalue weighted by atomic mass is 35.5. The molecule has 2 heterocycles. The van der Waals surface area contributed by atoms with Gasteiger partial charge in [0.1, 0.15) is 5.52 Å². The Morgan fingerprint density at radius 3 is 2.79 bits per heavy atom. The SMILES string of the molecule is Nc1nc(NCc2ccc(Cl)cc2)nc2nc[nH]c12. The molecule has 3 rings (SSSR count). The predicted octanol–water partition coefficient (Wildman–Crippen LogP) is 2.20. The summed E-state index contributed by atoms with van der Waals surface area (Å²) in [5.74, 6) is 0.827. The number of fused-ring (bicyclic) bond motifs is 1. The van der Waals surface area contributed by atoms with Gasteiger partial charge in [-0.2, -0.15) is 9.97 Å². The lowest BCUT2D eigenvalue weighted by molar-refractivity contribution is 1.07. The van der Waals surface area contributed by atoms with E-state index in [1.54, 1.807) is 6.33 Å². The number of anilines is 2. The van der Waals surface area contributed by atoms with Gasteiger partial charge in [-0.15, -0.1) is 0 Å². The van der Waals surface area contributed by atoms with Crippen LogP contribution >= 0.6 is 11.6 Å². The van der Waals surface area contributed by atoms with Gasteiger partial charge in [0.15, 0.2) is 11.5 Å². The van der Waals surface area contributed by atoms with Crippen molar-refractivity contribution >= 4 is 34.5 Å². The lowest BCUT2D eigenvalue weighted by atomic mass is 10.2. The number of nitrogens with one attached hydrogen (secondary N) is 2. The number of hydrogen-bond acceptors (Lipinski definition) is 5. The number of H-pyrrole nitrogens is 1. The van der Waals surface area contributed by atoms with Crippen molar-refractivity contribution in [3.05, 3.63) is 41.2 Å². The second-order valence-electron chi connectivity index (χ2n) is 4.01. The topological polar surface area (TPSA) is 92.5 Å². The van der Waals surface area contributed by atoms with Crippen LogP contribution in [0.5, 0.6) is 0 Å². The van der Waals surface area contributed by atoms with Gasteiger partial charge in [0.25, 0.3) is 0 Å². The van der Waals surface area contributed by atoms with E-state index in [0.29, 0.717) is 34.5 Å². The molecule has 0 aliphatic rings. The Kier molecular flexibility index (Phi) is 2.92. The van der Waals surface area contributed by atoms with Crippen LogP contribution in [-0.4, -0.2) is 19.9 Å². The van der Waals surface area contributed by atoms with Gasteiger partial charge in [-0.05, 0) is 17.7 Å². The molecule has 0 spiro atoms. The highest BCUT2D eigenvalue weighted by Gasteiger charge is 2.06. The number of aromatic amines is 1. The summed E-state index contributed by atoms with van der Waals surface area (Å²) in [5, 5.41) is 3.81. The Balaban J connectivity index is 1.79. The fourth-order valence-corrected chi connectivity index (χ4v) is 1.84. The van der Waals surface area contributed by atoms with Gasteiger partial charge in [-0.3, -0.25) is 0 Å². The first kappa shape index (κ1) is 11.7. The summed E-state index contributed by atoms with van der Waals surface area (Å²) >= 11 is 5.83. The summed E-state index contributed by atoms with van der Waals surface area (Å²) in [6, 6.07) is 7.55. The Morgan fingerprint density at radius 2 is 2.00 bits per heavy atom. The maximum absolute atomic E-state index is 5.83. The van der Waals surface area contributed by atoms with Crippen molar-refractivity contribution in [1.82, 2.24) is 19.9 Å². The van der Waals surface area contributed by atoms with E-state index in [2.05, 4.69) is 25.3 Å². The molecule has 0 amide bonds. The quantitative estimate of drug-likeness (QED) is 0.681. The van der Waals surface area contributed by atoms with Crippen LogP contribution in [0.1, 0.15) is 5.56 Å². The van der Waals surface area contributed by atoms with E-state index < -0.39 is 0 Å². The highest BCUT2D eigenvalue weighted by molar-refractivity contribution is 6.30. The van der Waals surface area contributed by atoms with Crippen molar-refractivity contribution in [2.24, 2.45) is 0 Å². The molecule has 0 saturated carbocycles. The number of benzene rings is 1. The smallest absolute Gasteiger partial charge is 0.227 e. The number of halogens is 1. The molecule has 0 radical (unpaired) electrons. The molecule has 7 heteroatoms. The summed E-state index contributed by atoms with van der Waals surface area (Å²) < 4.78 is 0. The van der Waals surface area contributed by atoms with Crippen molar-refractivity contribution in [3.8, 4) is 0 Å². The zero-order valence-corrected chi connectivity index (χ0v) is 10.6. The highest BCUT2D eigenvalue weighted by Crippen LogP contribution is 2.16. The van der Waals surface area contributed by atoms with E-state index >= 15 is 0 Å². The average Bonchev–Trinajstić information content (AvgIpc) is 2.87. The van der Waals surface area contributed by atoms with Gasteiger partial charge in [0.2, 0.25) is 5.95 Å². The minimum Gasteiger partial charge on any atom is -0.382 e. The van der Waals surface area contributed by atoms with Gasteiger partial charge in [0.05, 0.1) is 6.33 Å². The third-order valence-corrected chi connectivity index (χ3v) is 2.93. The van der Waals surface area contributed by atoms with Gasteiger partial charge in [-0.25, -0.2) is 4.98 Å². The molecule has 0 saturated heterocycles. The number of nitrogens with two attached hydrogens (primary N) is 1. The normalized spacial score (nSPS) is 10.8. The van der Waals surface area contributed by atoms with Crippen LogP contribution in [0, 0.1) is 0 Å². The predicted molar refractivity (Wildman–Crippen MR) is 74.9 cm³/mol. The first-order chi connectivity index (χ1) is 9.22. The molecule has 2 aromatic heterocycles. The van der Waals surface area contributed by atoms with E-state index in [4.69, 9.17) is 17.3 Å². The second kappa shape index (κ2) is 4.74. The standard InChI is InChI=1S/C12H11ClN6/c13-8-3-1-7(2-4-8)5-15-12-18-10(14)9-11(19-12)17-6-16-9/h1-4,6H,5H2,(H4,14,15,16,17,18,19). The van der Waals surface area contributed by atoms with Crippen molar-refractivity contribution in [1.29, 1.82) is 0 Å². The molecule has 3 aromatic rings. The monoisotopic (exact) mass is 274 g/mol. The third kappa shape index (κ3) is 2.43. The van der Waals surface area contributed by atoms with E-state index in [0.717, 1.165) is 5.56 Å². The average molecular weight is 275 g/mol. The van der Waals surface area contributed by atoms with Crippen LogP contribution in [-0.2, 0) is 6.54 Å². The maximum atomic E-state index is 5.83. The zero-order valence-electron chi connectivity index (χ0n) is 9.89. The Morgan fingerprint density at radius 1 is 1.21 bits per heavy atom. The molecule has 96 valence electrons. The molecule has 0 unspecified atom stereocenters. The largest absolute Gasteiger partial charge is 0.382 e. The van der Waals surface area contributed by atoms with E-state index in [1.165, 1.54) is 0 Å². The summed E-state index contributed by atoms with van der Waals surface area (Å²) in [7, 11) is 0. The number of rotatable bonds is 3. The fraction of sp³-hybridized carbons (Fsp3) is 0.0833. The van der Waals surface area contributed by atoms with Crippen LogP contribution in [0.4, 0.5) is 11.8 Å². The Labute approximate surface area is 114 Å². The van der Waals surface area contributed by atoms with E-state index in [9.17, 15) is 0 Å². The molecule has 0 aliphatic carbocycles. The summed E-state index contributed by atoms with van der Waals surface area (Å²) in [5.41, 5.74) is 8.09. The van der Waals surface area contributed by atoms with Gasteiger partial charge < -0.3 is 16.0 Å². The maximum Gasteiger partial charge on any atom is 0.227 e. The molecular formula is C12H11ClN6. The molecule has 0 bridgehead atoms. The molecule has 1 aromatic carbocycles. The van der Waals surface area contributed by atoms with Crippen LogP contribution in [0.3, 0.4) is 0 Å². The van der Waals surface area contributed by atoms with Crippen LogP contribution in [0.15, 0.2) is 30.6 Å². The molecule has 19 heavy (non-hydrogen) atoms. The fourth-order valence-electron chi connectivity index (χ4n) is 1.72. The number of nitrogen functional groups attached to an aromatic ring is 1. The molecule has 0 fully saturated rings. The van der Waals surface area contributed by atoms with Crippen LogP contribution < -0.4 is 11.1 Å². The number of hydrogen-bond donors (Lipinski definition) is 3. The Bertz CT molecular complexity index is 706. The van der Waals surface area contributed by atoms with Crippen molar-refractivity contribution in [2.75, 3.05) is 11.1 Å². The van der Waals surface area contributed by atoms with Gasteiger partial charge in [-0.1, -0.05) is 23.7 Å². The minimum atomic E-state index is 0.376.